The first-order chi connectivity index (χ1) is 8.26. The predicted molar refractivity (Wildman–Crippen MR) is 77.4 cm³/mol. The molecule has 0 aromatic carbocycles. The highest BCUT2D eigenvalue weighted by Gasteiger charge is 2.33. The van der Waals surface area contributed by atoms with Crippen molar-refractivity contribution in [3.63, 3.8) is 0 Å². The largest absolute Gasteiger partial charge is 0.319 e. The molecule has 0 radical (unpaired) electrons. The summed E-state index contributed by atoms with van der Waals surface area (Å²) in [5.41, 5.74) is 0.646. The van der Waals surface area contributed by atoms with Gasteiger partial charge in [0.25, 0.3) is 0 Å². The van der Waals surface area contributed by atoms with Gasteiger partial charge >= 0.3 is 0 Å². The van der Waals surface area contributed by atoms with Crippen molar-refractivity contribution in [2.24, 2.45) is 11.3 Å². The van der Waals surface area contributed by atoms with Crippen molar-refractivity contribution in [1.82, 2.24) is 5.32 Å². The van der Waals surface area contributed by atoms with Gasteiger partial charge in [-0.1, -0.05) is 46.0 Å². The fourth-order valence-corrected chi connectivity index (χ4v) is 3.51. The molecule has 0 heterocycles. The second-order valence-corrected chi connectivity index (χ2v) is 6.22. The van der Waals surface area contributed by atoms with Crippen molar-refractivity contribution in [1.29, 1.82) is 0 Å². The van der Waals surface area contributed by atoms with Crippen LogP contribution in [0.1, 0.15) is 78.1 Å². The van der Waals surface area contributed by atoms with Gasteiger partial charge in [0.05, 0.1) is 0 Å². The van der Waals surface area contributed by atoms with E-state index in [1.165, 1.54) is 70.8 Å². The van der Waals surface area contributed by atoms with Crippen LogP contribution in [0.25, 0.3) is 0 Å². The van der Waals surface area contributed by atoms with E-state index in [0.717, 1.165) is 5.92 Å². The Hall–Kier alpha value is -0.0400. The summed E-state index contributed by atoms with van der Waals surface area (Å²) in [4.78, 5) is 0. The summed E-state index contributed by atoms with van der Waals surface area (Å²) in [7, 11) is 2.12. The van der Waals surface area contributed by atoms with E-state index in [0.29, 0.717) is 5.41 Å². The molecular formula is C16H33N. The Labute approximate surface area is 109 Å². The summed E-state index contributed by atoms with van der Waals surface area (Å²) in [5, 5.41) is 3.45. The lowest BCUT2D eigenvalue weighted by molar-refractivity contribution is 0.127. The first kappa shape index (κ1) is 15.0. The van der Waals surface area contributed by atoms with Gasteiger partial charge in [0.1, 0.15) is 0 Å². The van der Waals surface area contributed by atoms with E-state index in [4.69, 9.17) is 0 Å². The second kappa shape index (κ2) is 8.13. The molecule has 0 aliphatic heterocycles. The van der Waals surface area contributed by atoms with Crippen LogP contribution in [0.4, 0.5) is 0 Å². The van der Waals surface area contributed by atoms with E-state index in [-0.39, 0.29) is 0 Å². The van der Waals surface area contributed by atoms with Crippen LogP contribution in [0, 0.1) is 11.3 Å². The van der Waals surface area contributed by atoms with Crippen LogP contribution in [-0.2, 0) is 0 Å². The molecule has 1 nitrogen and oxygen atoms in total. The zero-order valence-corrected chi connectivity index (χ0v) is 12.4. The molecule has 0 spiro atoms. The number of hydrogen-bond acceptors (Lipinski definition) is 1. The molecule has 0 aromatic rings. The molecule has 0 saturated heterocycles. The van der Waals surface area contributed by atoms with Crippen LogP contribution in [-0.4, -0.2) is 13.6 Å². The molecule has 1 rings (SSSR count). The van der Waals surface area contributed by atoms with Gasteiger partial charge in [-0.3, -0.25) is 0 Å². The predicted octanol–water partition coefficient (Wildman–Crippen LogP) is 4.76. The van der Waals surface area contributed by atoms with Gasteiger partial charge in [0, 0.05) is 6.54 Å². The summed E-state index contributed by atoms with van der Waals surface area (Å²) in [5.74, 6) is 1.04. The fourth-order valence-electron chi connectivity index (χ4n) is 3.51. The first-order valence-corrected chi connectivity index (χ1v) is 7.91. The highest BCUT2D eigenvalue weighted by Crippen LogP contribution is 2.43. The first-order valence-electron chi connectivity index (χ1n) is 7.91. The number of unbranched alkanes of at least 4 members (excludes halogenated alkanes) is 2. The standard InChI is InChI=1S/C16H33N/c1-4-6-8-15-9-12-16(13-10-15,14-17-3)11-7-5-2/h15,17H,4-14H2,1-3H3. The third kappa shape index (κ3) is 4.99. The van der Waals surface area contributed by atoms with Crippen molar-refractivity contribution >= 4 is 0 Å². The number of rotatable bonds is 8. The summed E-state index contributed by atoms with van der Waals surface area (Å²) in [6.07, 6.45) is 14.4. The maximum Gasteiger partial charge on any atom is 0.000481 e. The van der Waals surface area contributed by atoms with Gasteiger partial charge < -0.3 is 5.32 Å². The van der Waals surface area contributed by atoms with Gasteiger partial charge in [-0.05, 0) is 50.5 Å². The molecule has 1 fully saturated rings. The average molecular weight is 239 g/mol. The van der Waals surface area contributed by atoms with E-state index in [1.54, 1.807) is 0 Å². The Morgan fingerprint density at radius 1 is 1.06 bits per heavy atom. The zero-order valence-electron chi connectivity index (χ0n) is 12.4. The number of hydrogen-bond donors (Lipinski definition) is 1. The molecule has 1 saturated carbocycles. The highest BCUT2D eigenvalue weighted by molar-refractivity contribution is 4.87. The minimum absolute atomic E-state index is 0.646. The van der Waals surface area contributed by atoms with E-state index < -0.39 is 0 Å². The van der Waals surface area contributed by atoms with Crippen LogP contribution >= 0.6 is 0 Å². The van der Waals surface area contributed by atoms with Crippen LogP contribution < -0.4 is 5.32 Å². The molecule has 1 aliphatic rings. The van der Waals surface area contributed by atoms with Gasteiger partial charge in [-0.15, -0.1) is 0 Å². The SMILES string of the molecule is CCCCC1CCC(CCCC)(CNC)CC1. The summed E-state index contributed by atoms with van der Waals surface area (Å²) < 4.78 is 0. The van der Waals surface area contributed by atoms with Crippen molar-refractivity contribution in [3.8, 4) is 0 Å². The highest BCUT2D eigenvalue weighted by atomic mass is 14.8. The van der Waals surface area contributed by atoms with Gasteiger partial charge in [0.15, 0.2) is 0 Å². The molecule has 17 heavy (non-hydrogen) atoms. The van der Waals surface area contributed by atoms with E-state index in [2.05, 4.69) is 26.2 Å². The topological polar surface area (TPSA) is 12.0 Å². The minimum Gasteiger partial charge on any atom is -0.319 e. The van der Waals surface area contributed by atoms with E-state index >= 15 is 0 Å². The molecule has 102 valence electrons. The van der Waals surface area contributed by atoms with E-state index in [1.807, 2.05) is 0 Å². The van der Waals surface area contributed by atoms with Crippen molar-refractivity contribution in [2.45, 2.75) is 78.1 Å². The molecular weight excluding hydrogens is 206 g/mol. The molecule has 1 aliphatic carbocycles. The van der Waals surface area contributed by atoms with Crippen molar-refractivity contribution < 1.29 is 0 Å². The van der Waals surface area contributed by atoms with Crippen LogP contribution in [0.5, 0.6) is 0 Å². The quantitative estimate of drug-likeness (QED) is 0.644. The fraction of sp³-hybridized carbons (Fsp3) is 1.00. The van der Waals surface area contributed by atoms with Crippen LogP contribution in [0.2, 0.25) is 0 Å². The Bertz CT molecular complexity index is 180. The summed E-state index contributed by atoms with van der Waals surface area (Å²) in [6.45, 7) is 5.88. The van der Waals surface area contributed by atoms with Crippen molar-refractivity contribution in [2.75, 3.05) is 13.6 Å². The lowest BCUT2D eigenvalue weighted by atomic mass is 9.67. The van der Waals surface area contributed by atoms with Gasteiger partial charge in [-0.2, -0.15) is 0 Å². The van der Waals surface area contributed by atoms with Gasteiger partial charge in [0.2, 0.25) is 0 Å². The molecule has 1 N–H and O–H groups in total. The van der Waals surface area contributed by atoms with Crippen LogP contribution in [0.15, 0.2) is 0 Å². The van der Waals surface area contributed by atoms with Crippen molar-refractivity contribution in [3.05, 3.63) is 0 Å². The maximum atomic E-state index is 3.45. The lowest BCUT2D eigenvalue weighted by Crippen LogP contribution is -2.36. The average Bonchev–Trinajstić information content (AvgIpc) is 2.36. The third-order valence-corrected chi connectivity index (χ3v) is 4.74. The summed E-state index contributed by atoms with van der Waals surface area (Å²) in [6, 6.07) is 0. The third-order valence-electron chi connectivity index (χ3n) is 4.74. The normalized spacial score (nSPS) is 29.5. The van der Waals surface area contributed by atoms with Crippen LogP contribution in [0.3, 0.4) is 0 Å². The monoisotopic (exact) mass is 239 g/mol. The molecule has 1 heteroatoms. The molecule has 0 aromatic heterocycles. The van der Waals surface area contributed by atoms with E-state index in [9.17, 15) is 0 Å². The molecule has 0 amide bonds. The number of nitrogens with one attached hydrogen (secondary N) is 1. The smallest absolute Gasteiger partial charge is 0.000481 e. The Balaban J connectivity index is 2.37. The van der Waals surface area contributed by atoms with Gasteiger partial charge in [-0.25, -0.2) is 0 Å². The molecule has 0 bridgehead atoms. The lowest BCUT2D eigenvalue weighted by Gasteiger charge is -2.40. The Morgan fingerprint density at radius 2 is 1.71 bits per heavy atom. The molecule has 0 unspecified atom stereocenters. The summed E-state index contributed by atoms with van der Waals surface area (Å²) >= 11 is 0. The minimum atomic E-state index is 0.646. The zero-order chi connectivity index (χ0) is 12.6. The maximum absolute atomic E-state index is 3.45. The Kier molecular flexibility index (Phi) is 7.18. The Morgan fingerprint density at radius 3 is 2.24 bits per heavy atom. The molecule has 0 atom stereocenters. The second-order valence-electron chi connectivity index (χ2n) is 6.22.